The van der Waals surface area contributed by atoms with E-state index in [2.05, 4.69) is 10.5 Å². The zero-order valence-electron chi connectivity index (χ0n) is 14.6. The van der Waals surface area contributed by atoms with Crippen LogP contribution in [-0.2, 0) is 11.2 Å². The molecular formula is C20H17N3O4. The third kappa shape index (κ3) is 4.88. The molecule has 0 spiro atoms. The van der Waals surface area contributed by atoms with Crippen LogP contribution in [0.15, 0.2) is 70.2 Å². The second kappa shape index (κ2) is 8.09. The van der Waals surface area contributed by atoms with Gasteiger partial charge in [0.2, 0.25) is 5.91 Å². The average Bonchev–Trinajstić information content (AvgIpc) is 3.13. The lowest BCUT2D eigenvalue weighted by atomic mass is 10.1. The maximum Gasteiger partial charge on any atom is 0.270 e. The van der Waals surface area contributed by atoms with Crippen molar-refractivity contribution in [1.29, 1.82) is 0 Å². The summed E-state index contributed by atoms with van der Waals surface area (Å²) in [6, 6.07) is 17.2. The zero-order chi connectivity index (χ0) is 19.2. The Kier molecular flexibility index (Phi) is 5.41. The summed E-state index contributed by atoms with van der Waals surface area (Å²) in [7, 11) is 0. The summed E-state index contributed by atoms with van der Waals surface area (Å²) in [4.78, 5) is 22.3. The zero-order valence-corrected chi connectivity index (χ0v) is 14.6. The number of nitrogens with zero attached hydrogens (tertiary/aromatic N) is 2. The van der Waals surface area contributed by atoms with Crippen molar-refractivity contribution in [3.63, 3.8) is 0 Å². The van der Waals surface area contributed by atoms with E-state index < -0.39 is 4.92 Å². The predicted molar refractivity (Wildman–Crippen MR) is 101 cm³/mol. The molecule has 3 rings (SSSR count). The van der Waals surface area contributed by atoms with E-state index in [1.807, 2.05) is 31.2 Å². The molecular weight excluding hydrogens is 346 g/mol. The summed E-state index contributed by atoms with van der Waals surface area (Å²) in [6.07, 6.45) is 1.61. The highest BCUT2D eigenvalue weighted by Gasteiger charge is 2.10. The molecule has 7 nitrogen and oxygen atoms in total. The maximum absolute atomic E-state index is 11.9. The van der Waals surface area contributed by atoms with Crippen LogP contribution in [0.3, 0.4) is 0 Å². The Labute approximate surface area is 155 Å². The van der Waals surface area contributed by atoms with Gasteiger partial charge in [-0.1, -0.05) is 42.0 Å². The quantitative estimate of drug-likeness (QED) is 0.408. The Morgan fingerprint density at radius 1 is 1.19 bits per heavy atom. The second-order valence-corrected chi connectivity index (χ2v) is 5.97. The van der Waals surface area contributed by atoms with Gasteiger partial charge in [-0.2, -0.15) is 5.10 Å². The monoisotopic (exact) mass is 363 g/mol. The normalized spacial score (nSPS) is 10.9. The molecule has 0 bridgehead atoms. The van der Waals surface area contributed by atoms with Crippen molar-refractivity contribution in [3.05, 3.63) is 87.7 Å². The van der Waals surface area contributed by atoms with Gasteiger partial charge in [-0.25, -0.2) is 5.43 Å². The lowest BCUT2D eigenvalue weighted by Gasteiger charge is -2.00. The second-order valence-electron chi connectivity index (χ2n) is 5.97. The van der Waals surface area contributed by atoms with Crippen LogP contribution < -0.4 is 5.43 Å². The van der Waals surface area contributed by atoms with E-state index in [0.29, 0.717) is 17.1 Å². The number of hydrazone groups is 1. The van der Waals surface area contributed by atoms with E-state index in [1.165, 1.54) is 18.3 Å². The predicted octanol–water partition coefficient (Wildman–Crippen LogP) is 3.86. The van der Waals surface area contributed by atoms with Crippen LogP contribution in [0.4, 0.5) is 5.69 Å². The van der Waals surface area contributed by atoms with Gasteiger partial charge in [-0.05, 0) is 24.6 Å². The van der Waals surface area contributed by atoms with Gasteiger partial charge in [0, 0.05) is 17.7 Å². The number of aryl methyl sites for hydroxylation is 1. The van der Waals surface area contributed by atoms with Crippen molar-refractivity contribution in [2.24, 2.45) is 5.10 Å². The lowest BCUT2D eigenvalue weighted by Crippen LogP contribution is -2.19. The molecule has 1 heterocycles. The van der Waals surface area contributed by atoms with Crippen molar-refractivity contribution in [1.82, 2.24) is 5.43 Å². The summed E-state index contributed by atoms with van der Waals surface area (Å²) in [5, 5.41) is 14.7. The van der Waals surface area contributed by atoms with Crippen molar-refractivity contribution in [3.8, 4) is 11.3 Å². The molecule has 1 N–H and O–H groups in total. The standard InChI is InChI=1S/C20H17N3O4/c1-14-5-7-15(8-6-14)11-20(24)22-21-13-18-9-10-19(27-18)16-3-2-4-17(12-16)23(25)26/h2-10,12-13H,11H2,1H3,(H,22,24)/b21-13-. The van der Waals surface area contributed by atoms with Crippen LogP contribution in [0.2, 0.25) is 0 Å². The Bertz CT molecular complexity index is 990. The number of benzene rings is 2. The highest BCUT2D eigenvalue weighted by molar-refractivity contribution is 5.82. The largest absolute Gasteiger partial charge is 0.455 e. The molecule has 1 amide bonds. The van der Waals surface area contributed by atoms with Crippen LogP contribution >= 0.6 is 0 Å². The first-order valence-electron chi connectivity index (χ1n) is 8.23. The SMILES string of the molecule is Cc1ccc(CC(=O)N/N=C\c2ccc(-c3cccc([N+](=O)[O-])c3)o2)cc1. The number of hydrogen-bond donors (Lipinski definition) is 1. The first kappa shape index (κ1) is 18.1. The van der Waals surface area contributed by atoms with Gasteiger partial charge in [0.1, 0.15) is 11.5 Å². The number of amides is 1. The average molecular weight is 363 g/mol. The molecule has 0 saturated carbocycles. The van der Waals surface area contributed by atoms with Crippen molar-refractivity contribution in [2.75, 3.05) is 0 Å². The fraction of sp³-hybridized carbons (Fsp3) is 0.100. The maximum atomic E-state index is 11.9. The summed E-state index contributed by atoms with van der Waals surface area (Å²) < 4.78 is 5.59. The first-order valence-corrected chi connectivity index (χ1v) is 8.23. The number of carbonyl (C=O) groups is 1. The minimum Gasteiger partial charge on any atom is -0.455 e. The van der Waals surface area contributed by atoms with E-state index in [4.69, 9.17) is 4.42 Å². The Hall–Kier alpha value is -3.74. The molecule has 0 unspecified atom stereocenters. The number of non-ortho nitro benzene ring substituents is 1. The molecule has 0 atom stereocenters. The van der Waals surface area contributed by atoms with Gasteiger partial charge in [-0.3, -0.25) is 14.9 Å². The number of nitro groups is 1. The Balaban J connectivity index is 1.60. The van der Waals surface area contributed by atoms with Crippen LogP contribution in [0.25, 0.3) is 11.3 Å². The fourth-order valence-corrected chi connectivity index (χ4v) is 2.45. The highest BCUT2D eigenvalue weighted by atomic mass is 16.6. The third-order valence-corrected chi connectivity index (χ3v) is 3.83. The molecule has 0 saturated heterocycles. The fourth-order valence-electron chi connectivity index (χ4n) is 2.45. The molecule has 3 aromatic rings. The molecule has 0 aliphatic rings. The van der Waals surface area contributed by atoms with Gasteiger partial charge in [0.15, 0.2) is 0 Å². The van der Waals surface area contributed by atoms with Gasteiger partial charge in [-0.15, -0.1) is 0 Å². The van der Waals surface area contributed by atoms with E-state index in [-0.39, 0.29) is 18.0 Å². The minimum absolute atomic E-state index is 0.0116. The summed E-state index contributed by atoms with van der Waals surface area (Å²) >= 11 is 0. The number of hydrogen-bond acceptors (Lipinski definition) is 5. The Morgan fingerprint density at radius 3 is 2.70 bits per heavy atom. The van der Waals surface area contributed by atoms with E-state index in [9.17, 15) is 14.9 Å². The van der Waals surface area contributed by atoms with Crippen molar-refractivity contribution in [2.45, 2.75) is 13.3 Å². The summed E-state index contributed by atoms with van der Waals surface area (Å²) in [5.74, 6) is 0.666. The molecule has 0 aliphatic heterocycles. The van der Waals surface area contributed by atoms with Crippen LogP contribution in [0, 0.1) is 17.0 Å². The number of furan rings is 1. The number of nitrogens with one attached hydrogen (secondary N) is 1. The highest BCUT2D eigenvalue weighted by Crippen LogP contribution is 2.25. The van der Waals surface area contributed by atoms with Gasteiger partial charge < -0.3 is 4.42 Å². The van der Waals surface area contributed by atoms with Crippen LogP contribution in [0.5, 0.6) is 0 Å². The molecule has 136 valence electrons. The van der Waals surface area contributed by atoms with Crippen molar-refractivity contribution >= 4 is 17.8 Å². The van der Waals surface area contributed by atoms with Gasteiger partial charge in [0.05, 0.1) is 17.6 Å². The molecule has 0 radical (unpaired) electrons. The molecule has 27 heavy (non-hydrogen) atoms. The smallest absolute Gasteiger partial charge is 0.270 e. The van der Waals surface area contributed by atoms with Crippen LogP contribution in [0.1, 0.15) is 16.9 Å². The molecule has 0 aliphatic carbocycles. The van der Waals surface area contributed by atoms with E-state index >= 15 is 0 Å². The van der Waals surface area contributed by atoms with Crippen LogP contribution in [-0.4, -0.2) is 17.0 Å². The summed E-state index contributed by atoms with van der Waals surface area (Å²) in [6.45, 7) is 1.99. The first-order chi connectivity index (χ1) is 13.0. The van der Waals surface area contributed by atoms with Gasteiger partial charge >= 0.3 is 0 Å². The molecule has 7 heteroatoms. The minimum atomic E-state index is -0.460. The Morgan fingerprint density at radius 2 is 1.96 bits per heavy atom. The molecule has 1 aromatic heterocycles. The topological polar surface area (TPSA) is 97.7 Å². The number of carbonyl (C=O) groups excluding carboxylic acids is 1. The number of nitro benzene ring substituents is 1. The number of rotatable bonds is 6. The van der Waals surface area contributed by atoms with E-state index in [0.717, 1.165) is 11.1 Å². The third-order valence-electron chi connectivity index (χ3n) is 3.83. The van der Waals surface area contributed by atoms with Crippen molar-refractivity contribution < 1.29 is 14.1 Å². The lowest BCUT2D eigenvalue weighted by molar-refractivity contribution is -0.384. The van der Waals surface area contributed by atoms with Gasteiger partial charge in [0.25, 0.3) is 5.69 Å². The molecule has 2 aromatic carbocycles. The molecule has 0 fully saturated rings. The van der Waals surface area contributed by atoms with E-state index in [1.54, 1.807) is 24.3 Å². The summed E-state index contributed by atoms with van der Waals surface area (Å²) in [5.41, 5.74) is 5.06.